The van der Waals surface area contributed by atoms with Crippen molar-refractivity contribution in [1.29, 1.82) is 0 Å². The number of methoxy groups -OCH3 is 1. The van der Waals surface area contributed by atoms with Crippen LogP contribution in [0.4, 0.5) is 0 Å². The predicted molar refractivity (Wildman–Crippen MR) is 71.2 cm³/mol. The molecular weight excluding hydrogens is 218 g/mol. The maximum atomic E-state index is 5.29. The average Bonchev–Trinajstić information content (AvgIpc) is 2.70. The van der Waals surface area contributed by atoms with Crippen molar-refractivity contribution < 1.29 is 4.74 Å². The lowest BCUT2D eigenvalue weighted by molar-refractivity contribution is 0.405. The van der Waals surface area contributed by atoms with E-state index in [0.717, 1.165) is 18.2 Å². The molecule has 92 valence electrons. The molecule has 0 amide bonds. The SMILES string of the molecule is COc1ccsc1CNC(C)CCC(C)C. The van der Waals surface area contributed by atoms with Gasteiger partial charge >= 0.3 is 0 Å². The molecule has 0 aliphatic rings. The molecular formula is C13H23NOS. The van der Waals surface area contributed by atoms with Crippen molar-refractivity contribution in [3.05, 3.63) is 16.3 Å². The number of ether oxygens (including phenoxy) is 1. The second-order valence-electron chi connectivity index (χ2n) is 4.67. The number of hydrogen-bond donors (Lipinski definition) is 1. The van der Waals surface area contributed by atoms with Crippen LogP contribution < -0.4 is 10.1 Å². The van der Waals surface area contributed by atoms with Crippen molar-refractivity contribution in [2.45, 2.75) is 46.2 Å². The first-order valence-corrected chi connectivity index (χ1v) is 6.85. The van der Waals surface area contributed by atoms with E-state index < -0.39 is 0 Å². The zero-order valence-corrected chi connectivity index (χ0v) is 11.6. The molecule has 0 aliphatic carbocycles. The third-order valence-corrected chi connectivity index (χ3v) is 3.61. The van der Waals surface area contributed by atoms with Gasteiger partial charge in [-0.3, -0.25) is 0 Å². The average molecular weight is 241 g/mol. The van der Waals surface area contributed by atoms with Gasteiger partial charge in [-0.15, -0.1) is 11.3 Å². The van der Waals surface area contributed by atoms with Gasteiger partial charge in [0, 0.05) is 12.6 Å². The minimum absolute atomic E-state index is 0.578. The molecule has 0 bridgehead atoms. The number of rotatable bonds is 7. The molecule has 1 heterocycles. The lowest BCUT2D eigenvalue weighted by Gasteiger charge is -2.14. The smallest absolute Gasteiger partial charge is 0.134 e. The Morgan fingerprint density at radius 2 is 2.06 bits per heavy atom. The zero-order chi connectivity index (χ0) is 12.0. The van der Waals surface area contributed by atoms with E-state index in [2.05, 4.69) is 31.5 Å². The standard InChI is InChI=1S/C13H23NOS/c1-10(2)5-6-11(3)14-9-13-12(15-4)7-8-16-13/h7-8,10-11,14H,5-6,9H2,1-4H3. The van der Waals surface area contributed by atoms with E-state index >= 15 is 0 Å². The zero-order valence-electron chi connectivity index (χ0n) is 10.7. The van der Waals surface area contributed by atoms with Gasteiger partial charge in [0.1, 0.15) is 5.75 Å². The lowest BCUT2D eigenvalue weighted by Crippen LogP contribution is -2.25. The van der Waals surface area contributed by atoms with Crippen LogP contribution in [-0.2, 0) is 6.54 Å². The quantitative estimate of drug-likeness (QED) is 0.786. The Balaban J connectivity index is 2.28. The number of thiophene rings is 1. The van der Waals surface area contributed by atoms with Crippen LogP contribution in [0, 0.1) is 5.92 Å². The van der Waals surface area contributed by atoms with Crippen LogP contribution in [0.2, 0.25) is 0 Å². The highest BCUT2D eigenvalue weighted by atomic mass is 32.1. The first-order chi connectivity index (χ1) is 7.63. The Labute approximate surface area is 103 Å². The fraction of sp³-hybridized carbons (Fsp3) is 0.692. The summed E-state index contributed by atoms with van der Waals surface area (Å²) in [6, 6.07) is 2.61. The molecule has 2 nitrogen and oxygen atoms in total. The highest BCUT2D eigenvalue weighted by Crippen LogP contribution is 2.24. The van der Waals surface area contributed by atoms with E-state index in [4.69, 9.17) is 4.74 Å². The van der Waals surface area contributed by atoms with Gasteiger partial charge in [0.25, 0.3) is 0 Å². The molecule has 1 unspecified atom stereocenters. The van der Waals surface area contributed by atoms with Crippen LogP contribution in [-0.4, -0.2) is 13.2 Å². The summed E-state index contributed by atoms with van der Waals surface area (Å²) in [7, 11) is 1.73. The molecule has 0 fully saturated rings. The molecule has 0 aliphatic heterocycles. The van der Waals surface area contributed by atoms with Crippen molar-refractivity contribution in [2.75, 3.05) is 7.11 Å². The van der Waals surface area contributed by atoms with Crippen LogP contribution in [0.15, 0.2) is 11.4 Å². The third kappa shape index (κ3) is 4.54. The Morgan fingerprint density at radius 1 is 1.31 bits per heavy atom. The summed E-state index contributed by atoms with van der Waals surface area (Å²) in [6.45, 7) is 7.71. The summed E-state index contributed by atoms with van der Waals surface area (Å²) in [5, 5.41) is 5.62. The van der Waals surface area contributed by atoms with E-state index in [9.17, 15) is 0 Å². The molecule has 1 aromatic heterocycles. The normalized spacial score (nSPS) is 13.1. The second-order valence-corrected chi connectivity index (χ2v) is 5.67. The van der Waals surface area contributed by atoms with Crippen molar-refractivity contribution in [3.8, 4) is 5.75 Å². The second kappa shape index (κ2) is 6.92. The lowest BCUT2D eigenvalue weighted by atomic mass is 10.0. The van der Waals surface area contributed by atoms with Crippen molar-refractivity contribution >= 4 is 11.3 Å². The fourth-order valence-electron chi connectivity index (χ4n) is 1.59. The fourth-order valence-corrected chi connectivity index (χ4v) is 2.38. The van der Waals surface area contributed by atoms with Crippen molar-refractivity contribution in [1.82, 2.24) is 5.32 Å². The molecule has 1 aromatic rings. The molecule has 0 saturated carbocycles. The third-order valence-electron chi connectivity index (χ3n) is 2.71. The Kier molecular flexibility index (Phi) is 5.85. The highest BCUT2D eigenvalue weighted by Gasteiger charge is 2.07. The molecule has 16 heavy (non-hydrogen) atoms. The van der Waals surface area contributed by atoms with Gasteiger partial charge in [0.15, 0.2) is 0 Å². The Morgan fingerprint density at radius 3 is 2.69 bits per heavy atom. The van der Waals surface area contributed by atoms with E-state index in [-0.39, 0.29) is 0 Å². The molecule has 0 radical (unpaired) electrons. The summed E-state index contributed by atoms with van der Waals surface area (Å²) in [5.74, 6) is 1.80. The molecule has 1 rings (SSSR count). The van der Waals surface area contributed by atoms with E-state index in [1.165, 1.54) is 17.7 Å². The highest BCUT2D eigenvalue weighted by molar-refractivity contribution is 7.10. The molecule has 0 aromatic carbocycles. The predicted octanol–water partition coefficient (Wildman–Crippen LogP) is 3.67. The first-order valence-electron chi connectivity index (χ1n) is 5.97. The topological polar surface area (TPSA) is 21.3 Å². The van der Waals surface area contributed by atoms with Gasteiger partial charge in [-0.1, -0.05) is 13.8 Å². The molecule has 1 N–H and O–H groups in total. The van der Waals surface area contributed by atoms with Crippen LogP contribution in [0.1, 0.15) is 38.5 Å². The van der Waals surface area contributed by atoms with Crippen molar-refractivity contribution in [2.24, 2.45) is 5.92 Å². The maximum Gasteiger partial charge on any atom is 0.134 e. The Hall–Kier alpha value is -0.540. The van der Waals surface area contributed by atoms with Gasteiger partial charge in [-0.05, 0) is 37.1 Å². The van der Waals surface area contributed by atoms with Gasteiger partial charge in [0.05, 0.1) is 12.0 Å². The summed E-state index contributed by atoms with van der Waals surface area (Å²) < 4.78 is 5.29. The summed E-state index contributed by atoms with van der Waals surface area (Å²) in [4.78, 5) is 1.29. The molecule has 1 atom stereocenters. The van der Waals surface area contributed by atoms with E-state index in [1.807, 2.05) is 6.07 Å². The van der Waals surface area contributed by atoms with Crippen LogP contribution in [0.5, 0.6) is 5.75 Å². The van der Waals surface area contributed by atoms with Gasteiger partial charge in [-0.25, -0.2) is 0 Å². The minimum atomic E-state index is 0.578. The van der Waals surface area contributed by atoms with E-state index in [0.29, 0.717) is 6.04 Å². The van der Waals surface area contributed by atoms with Crippen molar-refractivity contribution in [3.63, 3.8) is 0 Å². The maximum absolute atomic E-state index is 5.29. The molecule has 0 spiro atoms. The van der Waals surface area contributed by atoms with Crippen LogP contribution in [0.25, 0.3) is 0 Å². The summed E-state index contributed by atoms with van der Waals surface area (Å²) >= 11 is 1.75. The summed E-state index contributed by atoms with van der Waals surface area (Å²) in [5.41, 5.74) is 0. The Bertz CT molecular complexity index is 296. The minimum Gasteiger partial charge on any atom is -0.496 e. The van der Waals surface area contributed by atoms with Gasteiger partial charge in [-0.2, -0.15) is 0 Å². The van der Waals surface area contributed by atoms with Gasteiger partial charge < -0.3 is 10.1 Å². The summed E-state index contributed by atoms with van der Waals surface area (Å²) in [6.07, 6.45) is 2.53. The molecule has 0 saturated heterocycles. The van der Waals surface area contributed by atoms with E-state index in [1.54, 1.807) is 18.4 Å². The monoisotopic (exact) mass is 241 g/mol. The molecule has 3 heteroatoms. The number of nitrogens with one attached hydrogen (secondary N) is 1. The number of hydrogen-bond acceptors (Lipinski definition) is 3. The van der Waals surface area contributed by atoms with Crippen LogP contribution >= 0.6 is 11.3 Å². The largest absolute Gasteiger partial charge is 0.496 e. The van der Waals surface area contributed by atoms with Gasteiger partial charge in [0.2, 0.25) is 0 Å². The first kappa shape index (κ1) is 13.5. The van der Waals surface area contributed by atoms with Crippen LogP contribution in [0.3, 0.4) is 0 Å².